The van der Waals surface area contributed by atoms with Crippen LogP contribution in [0.4, 0.5) is 24.5 Å². The lowest BCUT2D eigenvalue weighted by atomic mass is 10.2. The Bertz CT molecular complexity index is 1360. The summed E-state index contributed by atoms with van der Waals surface area (Å²) < 4.78 is 46.5. The molecule has 0 spiro atoms. The number of anilines is 2. The lowest BCUT2D eigenvalue weighted by Crippen LogP contribution is -2.14. The fourth-order valence-electron chi connectivity index (χ4n) is 3.21. The van der Waals surface area contributed by atoms with Crippen molar-refractivity contribution in [2.24, 2.45) is 5.73 Å². The molecule has 0 aliphatic carbocycles. The average molecular weight is 526 g/mol. The van der Waals surface area contributed by atoms with Gasteiger partial charge in [-0.3, -0.25) is 4.79 Å². The van der Waals surface area contributed by atoms with E-state index in [4.69, 9.17) is 33.7 Å². The van der Waals surface area contributed by atoms with Gasteiger partial charge in [0.05, 0.1) is 27.6 Å². The van der Waals surface area contributed by atoms with Crippen molar-refractivity contribution in [2.75, 3.05) is 12.4 Å². The van der Waals surface area contributed by atoms with E-state index in [2.05, 4.69) is 20.5 Å². The third-order valence-electron chi connectivity index (χ3n) is 4.71. The number of rotatable bonds is 7. The van der Waals surface area contributed by atoms with E-state index in [9.17, 15) is 18.0 Å². The Balaban J connectivity index is 1.65. The first-order valence-corrected chi connectivity index (χ1v) is 10.6. The van der Waals surface area contributed by atoms with E-state index in [0.29, 0.717) is 27.1 Å². The zero-order valence-electron chi connectivity index (χ0n) is 17.8. The molecule has 0 aliphatic rings. The minimum Gasteiger partial charge on any atom is -0.377 e. The van der Waals surface area contributed by atoms with Crippen molar-refractivity contribution >= 4 is 40.5 Å². The van der Waals surface area contributed by atoms with Gasteiger partial charge in [-0.1, -0.05) is 29.3 Å². The number of nitrogens with two attached hydrogens (primary N) is 1. The van der Waals surface area contributed by atoms with Crippen molar-refractivity contribution in [3.63, 3.8) is 0 Å². The Kier molecular flexibility index (Phi) is 6.70. The Hall–Kier alpha value is -3.61. The smallest absolute Gasteiger partial charge is 0.377 e. The standard InChI is InChI=1S/C21H16Cl2F3N7O2/c1-35-10-16-29-20(21(24,25)26)31-33(16)12-7-5-11(6-8-12)28-15-9-32(30-17(15)19(27)34)18-13(22)3-2-4-14(18)23/h2-9,28H,10H2,1H3,(H2,27,34). The number of methoxy groups -OCH3 is 1. The summed E-state index contributed by atoms with van der Waals surface area (Å²) in [4.78, 5) is 15.5. The highest BCUT2D eigenvalue weighted by Crippen LogP contribution is 2.31. The second-order valence-electron chi connectivity index (χ2n) is 7.14. The van der Waals surface area contributed by atoms with Crippen molar-refractivity contribution in [1.82, 2.24) is 24.5 Å². The first-order valence-electron chi connectivity index (χ1n) is 9.82. The summed E-state index contributed by atoms with van der Waals surface area (Å²) in [6.45, 7) is -0.172. The summed E-state index contributed by atoms with van der Waals surface area (Å²) in [7, 11) is 1.34. The molecule has 14 heteroatoms. The van der Waals surface area contributed by atoms with Gasteiger partial charge in [-0.2, -0.15) is 18.3 Å². The summed E-state index contributed by atoms with van der Waals surface area (Å²) in [5, 5.41) is 11.4. The number of nitrogens with zero attached hydrogens (tertiary/aromatic N) is 5. The number of benzene rings is 2. The minimum absolute atomic E-state index is 0.0190. The number of para-hydroxylation sites is 1. The summed E-state index contributed by atoms with van der Waals surface area (Å²) >= 11 is 12.5. The van der Waals surface area contributed by atoms with Crippen LogP contribution >= 0.6 is 23.2 Å². The van der Waals surface area contributed by atoms with Crippen molar-refractivity contribution in [2.45, 2.75) is 12.8 Å². The van der Waals surface area contributed by atoms with Gasteiger partial charge in [0, 0.05) is 12.8 Å². The van der Waals surface area contributed by atoms with Crippen LogP contribution in [0.2, 0.25) is 10.0 Å². The highest BCUT2D eigenvalue weighted by atomic mass is 35.5. The maximum atomic E-state index is 13.1. The Labute approximate surface area is 206 Å². The number of primary amides is 1. The summed E-state index contributed by atoms with van der Waals surface area (Å²) in [6, 6.07) is 11.1. The molecule has 2 aromatic heterocycles. The van der Waals surface area contributed by atoms with Crippen molar-refractivity contribution in [3.05, 3.63) is 76.0 Å². The van der Waals surface area contributed by atoms with Crippen LogP contribution in [0.15, 0.2) is 48.7 Å². The third-order valence-corrected chi connectivity index (χ3v) is 5.32. The topological polar surface area (TPSA) is 113 Å². The molecule has 0 saturated heterocycles. The molecule has 0 fully saturated rings. The van der Waals surface area contributed by atoms with Gasteiger partial charge in [0.1, 0.15) is 12.3 Å². The third kappa shape index (κ3) is 5.09. The number of nitrogens with one attached hydrogen (secondary N) is 1. The monoisotopic (exact) mass is 525 g/mol. The molecule has 35 heavy (non-hydrogen) atoms. The minimum atomic E-state index is -4.70. The molecule has 4 rings (SSSR count). The van der Waals surface area contributed by atoms with Gasteiger partial charge in [-0.15, -0.1) is 5.10 Å². The largest absolute Gasteiger partial charge is 0.453 e. The Morgan fingerprint density at radius 3 is 2.34 bits per heavy atom. The van der Waals surface area contributed by atoms with E-state index in [0.717, 1.165) is 4.68 Å². The summed E-state index contributed by atoms with van der Waals surface area (Å²) in [5.74, 6) is -2.09. The number of carbonyl (C=O) groups is 1. The van der Waals surface area contributed by atoms with Crippen LogP contribution in [0.3, 0.4) is 0 Å². The van der Waals surface area contributed by atoms with Gasteiger partial charge >= 0.3 is 6.18 Å². The normalized spacial score (nSPS) is 11.6. The molecule has 0 bridgehead atoms. The number of ether oxygens (including phenoxy) is 1. The van der Waals surface area contributed by atoms with Crippen LogP contribution in [0.5, 0.6) is 0 Å². The molecule has 2 aromatic carbocycles. The summed E-state index contributed by atoms with van der Waals surface area (Å²) in [6.07, 6.45) is -3.21. The maximum absolute atomic E-state index is 13.1. The molecule has 4 aromatic rings. The zero-order chi connectivity index (χ0) is 25.3. The Morgan fingerprint density at radius 1 is 1.11 bits per heavy atom. The number of alkyl halides is 3. The highest BCUT2D eigenvalue weighted by Gasteiger charge is 2.37. The quantitative estimate of drug-likeness (QED) is 0.359. The summed E-state index contributed by atoms with van der Waals surface area (Å²) in [5.41, 5.74) is 6.84. The average Bonchev–Trinajstić information content (AvgIpc) is 3.39. The fraction of sp³-hybridized carbons (Fsp3) is 0.143. The Morgan fingerprint density at radius 2 is 1.77 bits per heavy atom. The first-order chi connectivity index (χ1) is 16.6. The molecular weight excluding hydrogens is 510 g/mol. The number of carbonyl (C=O) groups excluding carboxylic acids is 1. The van der Waals surface area contributed by atoms with Crippen LogP contribution < -0.4 is 11.1 Å². The van der Waals surface area contributed by atoms with Crippen molar-refractivity contribution in [3.8, 4) is 11.4 Å². The predicted molar refractivity (Wildman–Crippen MR) is 122 cm³/mol. The molecule has 1 amide bonds. The van der Waals surface area contributed by atoms with Crippen molar-refractivity contribution in [1.29, 1.82) is 0 Å². The van der Waals surface area contributed by atoms with Crippen LogP contribution in [-0.4, -0.2) is 37.6 Å². The van der Waals surface area contributed by atoms with Crippen LogP contribution in [0.1, 0.15) is 22.1 Å². The predicted octanol–water partition coefficient (Wildman–Crippen LogP) is 4.77. The molecule has 3 N–H and O–H groups in total. The molecule has 0 radical (unpaired) electrons. The molecule has 182 valence electrons. The fourth-order valence-corrected chi connectivity index (χ4v) is 3.78. The first kappa shape index (κ1) is 24.5. The second-order valence-corrected chi connectivity index (χ2v) is 7.95. The SMILES string of the molecule is COCc1nc(C(F)(F)F)nn1-c1ccc(Nc2cn(-c3c(Cl)cccc3Cl)nc2C(N)=O)cc1. The van der Waals surface area contributed by atoms with E-state index in [-0.39, 0.29) is 23.8 Å². The van der Waals surface area contributed by atoms with Crippen LogP contribution in [0, 0.1) is 0 Å². The van der Waals surface area contributed by atoms with Gasteiger partial charge in [0.25, 0.3) is 11.7 Å². The number of halogens is 5. The van der Waals surface area contributed by atoms with E-state index >= 15 is 0 Å². The van der Waals surface area contributed by atoms with Crippen LogP contribution in [0.25, 0.3) is 11.4 Å². The molecule has 0 unspecified atom stereocenters. The van der Waals surface area contributed by atoms with Gasteiger partial charge in [-0.25, -0.2) is 14.3 Å². The van der Waals surface area contributed by atoms with Gasteiger partial charge < -0.3 is 15.8 Å². The lowest BCUT2D eigenvalue weighted by molar-refractivity contribution is -0.144. The number of amides is 1. The molecule has 9 nitrogen and oxygen atoms in total. The molecule has 0 aliphatic heterocycles. The van der Waals surface area contributed by atoms with Gasteiger partial charge in [0.15, 0.2) is 11.5 Å². The van der Waals surface area contributed by atoms with Crippen molar-refractivity contribution < 1.29 is 22.7 Å². The van der Waals surface area contributed by atoms with Crippen LogP contribution in [-0.2, 0) is 17.5 Å². The van der Waals surface area contributed by atoms with E-state index in [1.54, 1.807) is 30.3 Å². The molecule has 0 saturated carbocycles. The highest BCUT2D eigenvalue weighted by molar-refractivity contribution is 6.37. The molecule has 2 heterocycles. The second kappa shape index (κ2) is 9.56. The molecule has 0 atom stereocenters. The van der Waals surface area contributed by atoms with Gasteiger partial charge in [-0.05, 0) is 36.4 Å². The number of hydrogen-bond acceptors (Lipinski definition) is 6. The zero-order valence-corrected chi connectivity index (χ0v) is 19.4. The van der Waals surface area contributed by atoms with E-state index < -0.39 is 17.9 Å². The lowest BCUT2D eigenvalue weighted by Gasteiger charge is -2.08. The van der Waals surface area contributed by atoms with E-state index in [1.807, 2.05) is 0 Å². The van der Waals surface area contributed by atoms with Gasteiger partial charge in [0.2, 0.25) is 0 Å². The number of aromatic nitrogens is 5. The number of hydrogen-bond donors (Lipinski definition) is 2. The van der Waals surface area contributed by atoms with E-state index in [1.165, 1.54) is 30.1 Å². The molecular formula is C21H16Cl2F3N7O2. The maximum Gasteiger partial charge on any atom is 0.453 e.